The van der Waals surface area contributed by atoms with E-state index in [2.05, 4.69) is 16.0 Å². The van der Waals surface area contributed by atoms with Crippen molar-refractivity contribution >= 4 is 16.9 Å². The second-order valence-electron chi connectivity index (χ2n) is 5.90. The minimum absolute atomic E-state index is 0.143. The van der Waals surface area contributed by atoms with Gasteiger partial charge in [0, 0.05) is 40.3 Å². The summed E-state index contributed by atoms with van der Waals surface area (Å²) in [5.74, 6) is 1.09. The molecule has 0 fully saturated rings. The molecule has 0 aliphatic carbocycles. The Morgan fingerprint density at radius 3 is 3.04 bits per heavy atom. The van der Waals surface area contributed by atoms with Gasteiger partial charge in [-0.2, -0.15) is 0 Å². The topological polar surface area (TPSA) is 73.4 Å². The molecular weight excluding hydrogens is 320 g/mol. The number of carbonyl (C=O) groups is 1. The first-order valence-corrected chi connectivity index (χ1v) is 8.07. The summed E-state index contributed by atoms with van der Waals surface area (Å²) < 4.78 is 16.0. The molecule has 1 aliphatic heterocycles. The second-order valence-corrected chi connectivity index (χ2v) is 5.90. The predicted octanol–water partition coefficient (Wildman–Crippen LogP) is 2.89. The third-order valence-corrected chi connectivity index (χ3v) is 4.47. The molecule has 3 aromatic rings. The maximum atomic E-state index is 11.9. The van der Waals surface area contributed by atoms with Crippen molar-refractivity contribution in [2.45, 2.75) is 12.8 Å². The highest BCUT2D eigenvalue weighted by molar-refractivity contribution is 6.01. The molecule has 0 radical (unpaired) electrons. The van der Waals surface area contributed by atoms with Crippen molar-refractivity contribution < 1.29 is 19.0 Å². The van der Waals surface area contributed by atoms with Crippen molar-refractivity contribution in [1.29, 1.82) is 0 Å². The Morgan fingerprint density at radius 2 is 2.24 bits per heavy atom. The van der Waals surface area contributed by atoms with Crippen LogP contribution in [0.25, 0.3) is 22.0 Å². The molecule has 128 valence electrons. The summed E-state index contributed by atoms with van der Waals surface area (Å²) in [5, 5.41) is 0.978. The van der Waals surface area contributed by atoms with E-state index in [1.807, 2.05) is 18.2 Å². The largest absolute Gasteiger partial charge is 0.493 e. The van der Waals surface area contributed by atoms with E-state index in [1.165, 1.54) is 12.7 Å². The highest BCUT2D eigenvalue weighted by atomic mass is 16.5. The van der Waals surface area contributed by atoms with E-state index in [0.717, 1.165) is 39.9 Å². The Balaban J connectivity index is 1.98. The number of fused-ring (bicyclic) bond motifs is 2. The molecule has 2 aromatic heterocycles. The average molecular weight is 338 g/mol. The van der Waals surface area contributed by atoms with Crippen LogP contribution >= 0.6 is 0 Å². The van der Waals surface area contributed by atoms with Crippen molar-refractivity contribution in [2.75, 3.05) is 20.8 Å². The van der Waals surface area contributed by atoms with Gasteiger partial charge in [-0.25, -0.2) is 4.98 Å². The number of hydrogen-bond acceptors (Lipinski definition) is 5. The van der Waals surface area contributed by atoms with Crippen LogP contribution in [-0.2, 0) is 22.4 Å². The van der Waals surface area contributed by atoms with Gasteiger partial charge < -0.3 is 19.2 Å². The molecule has 4 rings (SSSR count). The number of aromatic amines is 1. The number of methoxy groups -OCH3 is 2. The summed E-state index contributed by atoms with van der Waals surface area (Å²) in [4.78, 5) is 19.5. The maximum absolute atomic E-state index is 11.9. The maximum Gasteiger partial charge on any atom is 0.311 e. The zero-order valence-corrected chi connectivity index (χ0v) is 14.1. The first kappa shape index (κ1) is 15.5. The van der Waals surface area contributed by atoms with Crippen molar-refractivity contribution in [1.82, 2.24) is 9.97 Å². The minimum Gasteiger partial charge on any atom is -0.493 e. The van der Waals surface area contributed by atoms with Gasteiger partial charge in [0.2, 0.25) is 5.88 Å². The number of H-pyrrole nitrogens is 1. The van der Waals surface area contributed by atoms with E-state index in [1.54, 1.807) is 13.3 Å². The van der Waals surface area contributed by atoms with Gasteiger partial charge in [0.25, 0.3) is 0 Å². The molecule has 0 spiro atoms. The van der Waals surface area contributed by atoms with Crippen LogP contribution in [0.15, 0.2) is 30.5 Å². The molecule has 1 aromatic carbocycles. The van der Waals surface area contributed by atoms with Crippen LogP contribution in [0, 0.1) is 0 Å². The third kappa shape index (κ3) is 2.59. The zero-order valence-electron chi connectivity index (χ0n) is 14.1. The fraction of sp³-hybridized carbons (Fsp3) is 0.263. The molecule has 6 heteroatoms. The summed E-state index contributed by atoms with van der Waals surface area (Å²) in [7, 11) is 2.97. The molecule has 0 saturated heterocycles. The fourth-order valence-electron chi connectivity index (χ4n) is 3.32. The summed E-state index contributed by atoms with van der Waals surface area (Å²) in [6.45, 7) is 0.697. The molecule has 0 atom stereocenters. The first-order chi connectivity index (χ1) is 12.2. The normalized spacial score (nSPS) is 12.7. The van der Waals surface area contributed by atoms with E-state index >= 15 is 0 Å². The van der Waals surface area contributed by atoms with Crippen LogP contribution in [0.1, 0.15) is 11.3 Å². The molecular formula is C19H18N2O4. The second kappa shape index (κ2) is 6.12. The van der Waals surface area contributed by atoms with E-state index in [0.29, 0.717) is 12.5 Å². The highest BCUT2D eigenvalue weighted by Crippen LogP contribution is 2.40. The monoisotopic (exact) mass is 338 g/mol. The van der Waals surface area contributed by atoms with Gasteiger partial charge in [0.1, 0.15) is 5.75 Å². The Hall–Kier alpha value is -3.02. The number of pyridine rings is 1. The number of ether oxygens (including phenoxy) is 3. The SMILES string of the molecule is COC(=O)Cc1[nH]c2cc3c(cc2c1-c1cccnc1OC)OCC3. The number of aromatic nitrogens is 2. The quantitative estimate of drug-likeness (QED) is 0.741. The number of nitrogens with zero attached hydrogens (tertiary/aromatic N) is 1. The molecule has 25 heavy (non-hydrogen) atoms. The summed E-state index contributed by atoms with van der Waals surface area (Å²) in [6, 6.07) is 7.90. The van der Waals surface area contributed by atoms with Crippen molar-refractivity contribution in [2.24, 2.45) is 0 Å². The number of benzene rings is 1. The lowest BCUT2D eigenvalue weighted by Crippen LogP contribution is -2.06. The first-order valence-electron chi connectivity index (χ1n) is 8.07. The lowest BCUT2D eigenvalue weighted by atomic mass is 10.00. The van der Waals surface area contributed by atoms with E-state index in [9.17, 15) is 4.79 Å². The molecule has 1 aliphatic rings. The zero-order chi connectivity index (χ0) is 17.4. The molecule has 6 nitrogen and oxygen atoms in total. The number of carbonyl (C=O) groups excluding carboxylic acids is 1. The van der Waals surface area contributed by atoms with Gasteiger partial charge in [-0.3, -0.25) is 4.79 Å². The van der Waals surface area contributed by atoms with Gasteiger partial charge in [0.15, 0.2) is 0 Å². The van der Waals surface area contributed by atoms with Crippen molar-refractivity contribution in [3.63, 3.8) is 0 Å². The molecule has 0 amide bonds. The smallest absolute Gasteiger partial charge is 0.311 e. The van der Waals surface area contributed by atoms with Crippen LogP contribution in [0.4, 0.5) is 0 Å². The molecule has 0 saturated carbocycles. The number of esters is 1. The van der Waals surface area contributed by atoms with Crippen LogP contribution in [0.2, 0.25) is 0 Å². The number of hydrogen-bond donors (Lipinski definition) is 1. The van der Waals surface area contributed by atoms with E-state index < -0.39 is 0 Å². The van der Waals surface area contributed by atoms with Crippen LogP contribution in [0.3, 0.4) is 0 Å². The number of nitrogens with one attached hydrogen (secondary N) is 1. The highest BCUT2D eigenvalue weighted by Gasteiger charge is 2.22. The van der Waals surface area contributed by atoms with E-state index in [-0.39, 0.29) is 12.4 Å². The Kier molecular flexibility index (Phi) is 3.80. The lowest BCUT2D eigenvalue weighted by Gasteiger charge is -2.09. The summed E-state index contributed by atoms with van der Waals surface area (Å²) >= 11 is 0. The Labute approximate surface area is 144 Å². The van der Waals surface area contributed by atoms with Gasteiger partial charge >= 0.3 is 5.97 Å². The number of rotatable bonds is 4. The van der Waals surface area contributed by atoms with Crippen molar-refractivity contribution in [3.05, 3.63) is 41.7 Å². The van der Waals surface area contributed by atoms with Crippen LogP contribution < -0.4 is 9.47 Å². The van der Waals surface area contributed by atoms with Crippen LogP contribution in [-0.4, -0.2) is 36.8 Å². The molecule has 0 unspecified atom stereocenters. The van der Waals surface area contributed by atoms with Gasteiger partial charge in [-0.05, 0) is 29.8 Å². The van der Waals surface area contributed by atoms with Crippen LogP contribution in [0.5, 0.6) is 11.6 Å². The van der Waals surface area contributed by atoms with E-state index in [4.69, 9.17) is 14.2 Å². The van der Waals surface area contributed by atoms with Gasteiger partial charge in [-0.15, -0.1) is 0 Å². The predicted molar refractivity (Wildman–Crippen MR) is 93.0 cm³/mol. The lowest BCUT2D eigenvalue weighted by molar-refractivity contribution is -0.139. The van der Waals surface area contributed by atoms with Gasteiger partial charge in [0.05, 0.1) is 27.2 Å². The van der Waals surface area contributed by atoms with Gasteiger partial charge in [-0.1, -0.05) is 0 Å². The third-order valence-electron chi connectivity index (χ3n) is 4.47. The standard InChI is InChI=1S/C19H18N2O4/c1-23-17(22)10-15-18(12-4-3-6-20-19(12)24-2)13-9-16-11(5-7-25-16)8-14(13)21-15/h3-4,6,8-9,21H,5,7,10H2,1-2H3. The average Bonchev–Trinajstić information content (AvgIpc) is 3.22. The Bertz CT molecular complexity index is 961. The van der Waals surface area contributed by atoms with Crippen molar-refractivity contribution in [3.8, 4) is 22.8 Å². The summed E-state index contributed by atoms with van der Waals surface area (Å²) in [6.07, 6.45) is 2.71. The molecule has 0 bridgehead atoms. The minimum atomic E-state index is -0.306. The summed E-state index contributed by atoms with van der Waals surface area (Å²) in [5.41, 5.74) is 4.63. The fourth-order valence-corrected chi connectivity index (χ4v) is 3.32. The molecule has 3 heterocycles. The Morgan fingerprint density at radius 1 is 1.36 bits per heavy atom. The molecule has 1 N–H and O–H groups in total.